The zero-order valence-corrected chi connectivity index (χ0v) is 14.7. The van der Waals surface area contributed by atoms with Crippen LogP contribution in [0.5, 0.6) is 0 Å². The molecule has 1 aromatic rings. The maximum Gasteiger partial charge on any atom is 0.107 e. The second kappa shape index (κ2) is 6.00. The van der Waals surface area contributed by atoms with Crippen LogP contribution >= 0.6 is 28.1 Å². The Morgan fingerprint density at radius 2 is 2.00 bits per heavy atom. The Balaban J connectivity index is 2.28. The number of rotatable bonds is 5. The average molecular weight is 356 g/mol. The lowest BCUT2D eigenvalue weighted by molar-refractivity contribution is 0.0683. The highest BCUT2D eigenvalue weighted by Crippen LogP contribution is 2.38. The number of anilines is 1. The third kappa shape index (κ3) is 2.85. The van der Waals surface area contributed by atoms with E-state index in [2.05, 4.69) is 52.9 Å². The molecule has 110 valence electrons. The van der Waals surface area contributed by atoms with Gasteiger partial charge in [0.15, 0.2) is 0 Å². The molecular weight excluding hydrogens is 334 g/mol. The number of halogens is 1. The van der Waals surface area contributed by atoms with Gasteiger partial charge in [0.25, 0.3) is 0 Å². The van der Waals surface area contributed by atoms with E-state index in [4.69, 9.17) is 18.0 Å². The minimum Gasteiger partial charge on any atom is -0.389 e. The Hall–Kier alpha value is -0.650. The lowest BCUT2D eigenvalue weighted by Crippen LogP contribution is -2.56. The van der Waals surface area contributed by atoms with Crippen LogP contribution in [-0.4, -0.2) is 43.1 Å². The van der Waals surface area contributed by atoms with E-state index in [1.807, 2.05) is 12.1 Å². The predicted octanol–water partition coefficient (Wildman–Crippen LogP) is 3.00. The van der Waals surface area contributed by atoms with Crippen LogP contribution < -0.4 is 10.6 Å². The van der Waals surface area contributed by atoms with Gasteiger partial charge < -0.3 is 15.5 Å². The Labute approximate surface area is 135 Å². The molecule has 1 aliphatic carbocycles. The number of nitrogens with two attached hydrogens (primary N) is 1. The van der Waals surface area contributed by atoms with E-state index >= 15 is 0 Å². The minimum atomic E-state index is 0.282. The number of benzene rings is 1. The van der Waals surface area contributed by atoms with E-state index in [-0.39, 0.29) is 5.54 Å². The van der Waals surface area contributed by atoms with Gasteiger partial charge in [-0.3, -0.25) is 0 Å². The van der Waals surface area contributed by atoms with Gasteiger partial charge in [-0.1, -0.05) is 18.3 Å². The van der Waals surface area contributed by atoms with Gasteiger partial charge in [-0.15, -0.1) is 0 Å². The van der Waals surface area contributed by atoms with Crippen molar-refractivity contribution in [3.05, 3.63) is 28.2 Å². The smallest absolute Gasteiger partial charge is 0.107 e. The van der Waals surface area contributed by atoms with E-state index < -0.39 is 0 Å². The molecule has 20 heavy (non-hydrogen) atoms. The van der Waals surface area contributed by atoms with Gasteiger partial charge in [-0.2, -0.15) is 0 Å². The van der Waals surface area contributed by atoms with Gasteiger partial charge in [0.2, 0.25) is 0 Å². The standard InChI is InChI=1S/C15H22BrN3S/c1-18(2)15(8-5-9-15)10-19(3)12-7-4-6-11(16)13(12)14(17)20/h4,6-7H,5,8-10H2,1-3H3,(H2,17,20). The third-order valence-electron chi connectivity index (χ3n) is 4.41. The van der Waals surface area contributed by atoms with Crippen LogP contribution in [0.4, 0.5) is 5.69 Å². The van der Waals surface area contributed by atoms with Gasteiger partial charge in [-0.05, 0) is 61.4 Å². The Bertz CT molecular complexity index is 512. The first-order chi connectivity index (χ1) is 9.37. The molecule has 0 spiro atoms. The van der Waals surface area contributed by atoms with Crippen molar-refractivity contribution in [2.75, 3.05) is 32.6 Å². The maximum absolute atomic E-state index is 5.89. The van der Waals surface area contributed by atoms with E-state index in [0.29, 0.717) is 4.99 Å². The maximum atomic E-state index is 5.89. The van der Waals surface area contributed by atoms with Crippen LogP contribution in [0, 0.1) is 0 Å². The molecule has 1 saturated carbocycles. The lowest BCUT2D eigenvalue weighted by atomic mass is 9.75. The summed E-state index contributed by atoms with van der Waals surface area (Å²) in [6.45, 7) is 0.992. The Morgan fingerprint density at radius 1 is 1.35 bits per heavy atom. The highest BCUT2D eigenvalue weighted by atomic mass is 79.9. The van der Waals surface area contributed by atoms with Crippen molar-refractivity contribution in [3.63, 3.8) is 0 Å². The fourth-order valence-corrected chi connectivity index (χ4v) is 3.85. The van der Waals surface area contributed by atoms with Crippen molar-refractivity contribution in [3.8, 4) is 0 Å². The fourth-order valence-electron chi connectivity index (χ4n) is 2.93. The van der Waals surface area contributed by atoms with E-state index in [1.54, 1.807) is 0 Å². The number of likely N-dealkylation sites (N-methyl/N-ethyl adjacent to an activating group) is 2. The molecule has 3 nitrogen and oxygen atoms in total. The van der Waals surface area contributed by atoms with Crippen molar-refractivity contribution in [2.24, 2.45) is 5.73 Å². The lowest BCUT2D eigenvalue weighted by Gasteiger charge is -2.49. The SMILES string of the molecule is CN(CC1(N(C)C)CCC1)c1cccc(Br)c1C(N)=S. The summed E-state index contributed by atoms with van der Waals surface area (Å²) >= 11 is 8.75. The van der Waals surface area contributed by atoms with E-state index in [0.717, 1.165) is 22.3 Å². The van der Waals surface area contributed by atoms with Crippen molar-refractivity contribution in [1.29, 1.82) is 0 Å². The molecule has 0 heterocycles. The van der Waals surface area contributed by atoms with Gasteiger partial charge >= 0.3 is 0 Å². The molecule has 0 amide bonds. The second-order valence-electron chi connectivity index (χ2n) is 5.83. The van der Waals surface area contributed by atoms with Crippen LogP contribution in [0.2, 0.25) is 0 Å². The van der Waals surface area contributed by atoms with Crippen LogP contribution in [0.25, 0.3) is 0 Å². The average Bonchev–Trinajstić information content (AvgIpc) is 2.32. The summed E-state index contributed by atoms with van der Waals surface area (Å²) in [5.41, 5.74) is 8.20. The zero-order chi connectivity index (χ0) is 14.9. The minimum absolute atomic E-state index is 0.282. The molecule has 2 rings (SSSR count). The molecule has 0 radical (unpaired) electrons. The Morgan fingerprint density at radius 3 is 2.45 bits per heavy atom. The molecule has 5 heteroatoms. The molecule has 1 aliphatic rings. The number of thiocarbonyl (C=S) groups is 1. The van der Waals surface area contributed by atoms with Crippen molar-refractivity contribution >= 4 is 38.8 Å². The molecular formula is C15H22BrN3S. The van der Waals surface area contributed by atoms with Crippen LogP contribution in [0.1, 0.15) is 24.8 Å². The molecule has 0 atom stereocenters. The van der Waals surface area contributed by atoms with E-state index in [9.17, 15) is 0 Å². The third-order valence-corrected chi connectivity index (χ3v) is 5.28. The fraction of sp³-hybridized carbons (Fsp3) is 0.533. The van der Waals surface area contributed by atoms with Gasteiger partial charge in [0.05, 0.1) is 0 Å². The quantitative estimate of drug-likeness (QED) is 0.823. The molecule has 1 aromatic carbocycles. The monoisotopic (exact) mass is 355 g/mol. The predicted molar refractivity (Wildman–Crippen MR) is 93.6 cm³/mol. The van der Waals surface area contributed by atoms with Gasteiger partial charge in [0.1, 0.15) is 4.99 Å². The first-order valence-corrected chi connectivity index (χ1v) is 8.04. The molecule has 0 aromatic heterocycles. The van der Waals surface area contributed by atoms with E-state index in [1.165, 1.54) is 19.3 Å². The second-order valence-corrected chi connectivity index (χ2v) is 7.12. The van der Waals surface area contributed by atoms with Crippen LogP contribution in [-0.2, 0) is 0 Å². The normalized spacial score (nSPS) is 16.9. The largest absolute Gasteiger partial charge is 0.389 e. The number of nitrogens with zero attached hydrogens (tertiary/aromatic N) is 2. The van der Waals surface area contributed by atoms with Crippen molar-refractivity contribution < 1.29 is 0 Å². The molecule has 2 N–H and O–H groups in total. The molecule has 0 saturated heterocycles. The van der Waals surface area contributed by atoms with Gasteiger partial charge in [0, 0.05) is 34.9 Å². The summed E-state index contributed by atoms with van der Waals surface area (Å²) in [5.74, 6) is 0. The highest BCUT2D eigenvalue weighted by Gasteiger charge is 2.40. The molecule has 1 fully saturated rings. The molecule has 0 aliphatic heterocycles. The van der Waals surface area contributed by atoms with Crippen molar-refractivity contribution in [2.45, 2.75) is 24.8 Å². The van der Waals surface area contributed by atoms with Gasteiger partial charge in [-0.25, -0.2) is 0 Å². The number of hydrogen-bond donors (Lipinski definition) is 1. The summed E-state index contributed by atoms with van der Waals surface area (Å²) in [6, 6.07) is 6.10. The first-order valence-electron chi connectivity index (χ1n) is 6.84. The summed E-state index contributed by atoms with van der Waals surface area (Å²) in [7, 11) is 6.46. The first kappa shape index (κ1) is 15.7. The van der Waals surface area contributed by atoms with Crippen LogP contribution in [0.15, 0.2) is 22.7 Å². The number of hydrogen-bond acceptors (Lipinski definition) is 3. The summed E-state index contributed by atoms with van der Waals surface area (Å²) in [4.78, 5) is 5.07. The highest BCUT2D eigenvalue weighted by molar-refractivity contribution is 9.10. The molecule has 0 bridgehead atoms. The zero-order valence-electron chi connectivity index (χ0n) is 12.3. The van der Waals surface area contributed by atoms with Crippen molar-refractivity contribution in [1.82, 2.24) is 4.90 Å². The topological polar surface area (TPSA) is 32.5 Å². The van der Waals surface area contributed by atoms with Crippen LogP contribution in [0.3, 0.4) is 0 Å². The Kier molecular flexibility index (Phi) is 4.72. The summed E-state index contributed by atoms with van der Waals surface area (Å²) < 4.78 is 0.960. The summed E-state index contributed by atoms with van der Waals surface area (Å²) in [5, 5.41) is 0. The summed E-state index contributed by atoms with van der Waals surface area (Å²) in [6.07, 6.45) is 3.81. The molecule has 0 unspecified atom stereocenters.